The van der Waals surface area contributed by atoms with Crippen LogP contribution >= 0.6 is 0 Å². The highest BCUT2D eigenvalue weighted by Gasteiger charge is 2.41. The first-order valence-electron chi connectivity index (χ1n) is 6.69. The maximum absolute atomic E-state index is 12.3. The van der Waals surface area contributed by atoms with E-state index in [0.29, 0.717) is 11.9 Å². The number of carbonyl (C=O) groups excluding carboxylic acids is 1. The van der Waals surface area contributed by atoms with E-state index >= 15 is 0 Å². The van der Waals surface area contributed by atoms with Crippen LogP contribution in [0.25, 0.3) is 0 Å². The predicted octanol–water partition coefficient (Wildman–Crippen LogP) is 1.68. The Morgan fingerprint density at radius 1 is 1.56 bits per heavy atom. The minimum absolute atomic E-state index is 0.113. The molecule has 2 unspecified atom stereocenters. The molecule has 0 aromatic carbocycles. The summed E-state index contributed by atoms with van der Waals surface area (Å²) in [6.45, 7) is 6.17. The van der Waals surface area contributed by atoms with Gasteiger partial charge in [-0.1, -0.05) is 13.3 Å². The first-order valence-corrected chi connectivity index (χ1v) is 6.69. The average molecular weight is 224 g/mol. The zero-order valence-electron chi connectivity index (χ0n) is 10.5. The van der Waals surface area contributed by atoms with Crippen molar-refractivity contribution in [2.45, 2.75) is 52.0 Å². The van der Waals surface area contributed by atoms with E-state index in [4.69, 9.17) is 0 Å². The molecule has 3 nitrogen and oxygen atoms in total. The van der Waals surface area contributed by atoms with Crippen molar-refractivity contribution in [2.24, 2.45) is 11.3 Å². The highest BCUT2D eigenvalue weighted by Crippen LogP contribution is 2.35. The first-order chi connectivity index (χ1) is 7.68. The quantitative estimate of drug-likeness (QED) is 0.746. The standard InChI is InChI=1S/C13H24N2O/c1-3-6-13(7-8-14-9-13)12(16)15-10(2)11-4-5-11/h10-11,14H,3-9H2,1-2H3,(H,15,16). The third kappa shape index (κ3) is 2.40. The van der Waals surface area contributed by atoms with Crippen LogP contribution in [0.1, 0.15) is 46.0 Å². The Bertz CT molecular complexity index is 255. The van der Waals surface area contributed by atoms with Gasteiger partial charge in [0, 0.05) is 12.6 Å². The fourth-order valence-electron chi connectivity index (χ4n) is 2.82. The third-order valence-corrected chi connectivity index (χ3v) is 4.14. The molecule has 2 rings (SSSR count). The van der Waals surface area contributed by atoms with Crippen molar-refractivity contribution >= 4 is 5.91 Å². The smallest absolute Gasteiger partial charge is 0.227 e. The predicted molar refractivity (Wildman–Crippen MR) is 65.2 cm³/mol. The highest BCUT2D eigenvalue weighted by molar-refractivity contribution is 5.83. The molecule has 2 aliphatic rings. The number of carbonyl (C=O) groups is 1. The van der Waals surface area contributed by atoms with Crippen molar-refractivity contribution in [3.63, 3.8) is 0 Å². The molecule has 0 spiro atoms. The van der Waals surface area contributed by atoms with Crippen molar-refractivity contribution in [1.29, 1.82) is 0 Å². The van der Waals surface area contributed by atoms with Crippen LogP contribution in [-0.2, 0) is 4.79 Å². The summed E-state index contributed by atoms with van der Waals surface area (Å²) in [6.07, 6.45) is 5.70. The van der Waals surface area contributed by atoms with Gasteiger partial charge in [0.2, 0.25) is 5.91 Å². The molecule has 3 heteroatoms. The van der Waals surface area contributed by atoms with E-state index in [9.17, 15) is 4.79 Å². The second-order valence-electron chi connectivity index (χ2n) is 5.56. The van der Waals surface area contributed by atoms with Crippen LogP contribution in [0, 0.1) is 11.3 Å². The molecule has 92 valence electrons. The van der Waals surface area contributed by atoms with Crippen molar-refractivity contribution in [3.05, 3.63) is 0 Å². The van der Waals surface area contributed by atoms with Crippen molar-refractivity contribution in [1.82, 2.24) is 10.6 Å². The number of nitrogens with one attached hydrogen (secondary N) is 2. The van der Waals surface area contributed by atoms with Crippen LogP contribution in [0.5, 0.6) is 0 Å². The minimum Gasteiger partial charge on any atom is -0.353 e. The van der Waals surface area contributed by atoms with Crippen LogP contribution < -0.4 is 10.6 Å². The van der Waals surface area contributed by atoms with Gasteiger partial charge in [-0.25, -0.2) is 0 Å². The Morgan fingerprint density at radius 3 is 2.81 bits per heavy atom. The van der Waals surface area contributed by atoms with E-state index in [0.717, 1.165) is 38.3 Å². The van der Waals surface area contributed by atoms with E-state index in [2.05, 4.69) is 24.5 Å². The fourth-order valence-corrected chi connectivity index (χ4v) is 2.82. The summed E-state index contributed by atoms with van der Waals surface area (Å²) in [5, 5.41) is 6.57. The molecule has 2 atom stereocenters. The zero-order chi connectivity index (χ0) is 11.6. The first kappa shape index (κ1) is 11.9. The normalized spacial score (nSPS) is 31.4. The lowest BCUT2D eigenvalue weighted by Gasteiger charge is -2.28. The SMILES string of the molecule is CCCC1(C(=O)NC(C)C2CC2)CCNC1. The summed E-state index contributed by atoms with van der Waals surface area (Å²) in [6, 6.07) is 0.377. The number of hydrogen-bond donors (Lipinski definition) is 2. The fraction of sp³-hybridized carbons (Fsp3) is 0.923. The van der Waals surface area contributed by atoms with Crippen molar-refractivity contribution < 1.29 is 4.79 Å². The molecule has 2 fully saturated rings. The second kappa shape index (κ2) is 4.74. The van der Waals surface area contributed by atoms with Crippen LogP contribution in [0.3, 0.4) is 0 Å². The number of hydrogen-bond acceptors (Lipinski definition) is 2. The van der Waals surface area contributed by atoms with E-state index in [1.54, 1.807) is 0 Å². The maximum Gasteiger partial charge on any atom is 0.227 e. The molecule has 0 aromatic rings. The summed E-state index contributed by atoms with van der Waals surface area (Å²) in [4.78, 5) is 12.3. The minimum atomic E-state index is -0.113. The lowest BCUT2D eigenvalue weighted by atomic mass is 9.81. The molecule has 1 heterocycles. The Morgan fingerprint density at radius 2 is 2.31 bits per heavy atom. The van der Waals surface area contributed by atoms with Gasteiger partial charge in [0.25, 0.3) is 0 Å². The molecule has 0 radical (unpaired) electrons. The monoisotopic (exact) mass is 224 g/mol. The van der Waals surface area contributed by atoms with E-state index in [1.807, 2.05) is 0 Å². The Hall–Kier alpha value is -0.570. The summed E-state index contributed by atoms with van der Waals surface area (Å²) in [5.41, 5.74) is -0.113. The second-order valence-corrected chi connectivity index (χ2v) is 5.56. The van der Waals surface area contributed by atoms with Gasteiger partial charge in [-0.05, 0) is 45.1 Å². The Kier molecular flexibility index (Phi) is 3.53. The summed E-state index contributed by atoms with van der Waals surface area (Å²) < 4.78 is 0. The highest BCUT2D eigenvalue weighted by atomic mass is 16.2. The van der Waals surface area contributed by atoms with Gasteiger partial charge in [0.15, 0.2) is 0 Å². The van der Waals surface area contributed by atoms with Crippen molar-refractivity contribution in [2.75, 3.05) is 13.1 Å². The van der Waals surface area contributed by atoms with Gasteiger partial charge in [-0.3, -0.25) is 4.79 Å². The maximum atomic E-state index is 12.3. The van der Waals surface area contributed by atoms with Gasteiger partial charge in [0.1, 0.15) is 0 Å². The van der Waals surface area contributed by atoms with Gasteiger partial charge < -0.3 is 10.6 Å². The van der Waals surface area contributed by atoms with Crippen LogP contribution in [0.2, 0.25) is 0 Å². The number of amides is 1. The molecule has 0 aromatic heterocycles. The molecule has 0 bridgehead atoms. The largest absolute Gasteiger partial charge is 0.353 e. The average Bonchev–Trinajstić information content (AvgIpc) is 3.00. The van der Waals surface area contributed by atoms with E-state index < -0.39 is 0 Å². The summed E-state index contributed by atoms with van der Waals surface area (Å²) in [7, 11) is 0. The molecule has 2 N–H and O–H groups in total. The molecular formula is C13H24N2O. The van der Waals surface area contributed by atoms with Gasteiger partial charge in [-0.15, -0.1) is 0 Å². The lowest BCUT2D eigenvalue weighted by Crippen LogP contribution is -2.46. The van der Waals surface area contributed by atoms with Crippen molar-refractivity contribution in [3.8, 4) is 0 Å². The molecule has 1 amide bonds. The summed E-state index contributed by atoms with van der Waals surface area (Å²) >= 11 is 0. The Balaban J connectivity index is 1.93. The molecule has 1 aliphatic heterocycles. The molecule has 1 saturated carbocycles. The Labute approximate surface area is 98.4 Å². The molecule has 16 heavy (non-hydrogen) atoms. The molecular weight excluding hydrogens is 200 g/mol. The topological polar surface area (TPSA) is 41.1 Å². The zero-order valence-corrected chi connectivity index (χ0v) is 10.5. The summed E-state index contributed by atoms with van der Waals surface area (Å²) in [5.74, 6) is 1.04. The van der Waals surface area contributed by atoms with E-state index in [-0.39, 0.29) is 5.41 Å². The van der Waals surface area contributed by atoms with Gasteiger partial charge in [-0.2, -0.15) is 0 Å². The number of rotatable bonds is 5. The van der Waals surface area contributed by atoms with Crippen LogP contribution in [-0.4, -0.2) is 25.0 Å². The molecule has 1 saturated heterocycles. The van der Waals surface area contributed by atoms with E-state index in [1.165, 1.54) is 12.8 Å². The van der Waals surface area contributed by atoms with Crippen LogP contribution in [0.15, 0.2) is 0 Å². The third-order valence-electron chi connectivity index (χ3n) is 4.14. The van der Waals surface area contributed by atoms with Gasteiger partial charge >= 0.3 is 0 Å². The molecule has 1 aliphatic carbocycles. The van der Waals surface area contributed by atoms with Crippen LogP contribution in [0.4, 0.5) is 0 Å². The van der Waals surface area contributed by atoms with Gasteiger partial charge in [0.05, 0.1) is 5.41 Å². The lowest BCUT2D eigenvalue weighted by molar-refractivity contribution is -0.131.